The Morgan fingerprint density at radius 2 is 1.77 bits per heavy atom. The summed E-state index contributed by atoms with van der Waals surface area (Å²) in [4.78, 5) is 27.1. The van der Waals surface area contributed by atoms with Crippen LogP contribution in [-0.4, -0.2) is 70.8 Å². The quantitative estimate of drug-likeness (QED) is 0.428. The second-order valence-corrected chi connectivity index (χ2v) is 8.92. The highest BCUT2D eigenvalue weighted by molar-refractivity contribution is 5.93. The van der Waals surface area contributed by atoms with Gasteiger partial charge >= 0.3 is 0 Å². The van der Waals surface area contributed by atoms with Crippen molar-refractivity contribution in [3.8, 4) is 0 Å². The summed E-state index contributed by atoms with van der Waals surface area (Å²) in [6, 6.07) is 7.59. The summed E-state index contributed by atoms with van der Waals surface area (Å²) in [5.74, 6) is 0.0350. The third kappa shape index (κ3) is 6.03. The molecule has 1 aliphatic heterocycles. The predicted octanol–water partition coefficient (Wildman–Crippen LogP) is -1.20. The van der Waals surface area contributed by atoms with Crippen LogP contribution in [-0.2, 0) is 16.1 Å². The number of likely N-dealkylation sites (N-methyl/N-ethyl adjacent to an activating group) is 1. The van der Waals surface area contributed by atoms with Crippen LogP contribution >= 0.6 is 0 Å². The van der Waals surface area contributed by atoms with E-state index in [1.807, 2.05) is 31.3 Å². The Morgan fingerprint density at radius 1 is 1.10 bits per heavy atom. The van der Waals surface area contributed by atoms with Crippen LogP contribution in [0, 0.1) is 0 Å². The molecule has 1 atom stereocenters. The summed E-state index contributed by atoms with van der Waals surface area (Å²) >= 11 is 0. The van der Waals surface area contributed by atoms with E-state index >= 15 is 0 Å². The zero-order valence-corrected chi connectivity index (χ0v) is 18.5. The number of rotatable bonds is 8. The molecule has 7 nitrogen and oxygen atoms in total. The smallest absolute Gasteiger partial charge is 0.275 e. The van der Waals surface area contributed by atoms with Crippen molar-refractivity contribution in [1.82, 2.24) is 10.6 Å². The van der Waals surface area contributed by atoms with Gasteiger partial charge in [-0.3, -0.25) is 9.59 Å². The molecular formula is C23H38N4O3+2. The molecule has 2 fully saturated rings. The van der Waals surface area contributed by atoms with E-state index in [9.17, 15) is 9.59 Å². The van der Waals surface area contributed by atoms with E-state index in [-0.39, 0.29) is 17.4 Å². The Balaban J connectivity index is 1.49. The first-order chi connectivity index (χ1) is 14.5. The fraction of sp³-hybridized carbons (Fsp3) is 0.652. The van der Waals surface area contributed by atoms with E-state index in [4.69, 9.17) is 4.74 Å². The maximum absolute atomic E-state index is 12.7. The van der Waals surface area contributed by atoms with Crippen LogP contribution in [0.2, 0.25) is 0 Å². The molecule has 0 radical (unpaired) electrons. The molecule has 1 aliphatic carbocycles. The summed E-state index contributed by atoms with van der Waals surface area (Å²) in [6.45, 7) is 5.73. The van der Waals surface area contributed by atoms with Crippen LogP contribution in [0.15, 0.2) is 24.3 Å². The first-order valence-corrected chi connectivity index (χ1v) is 11.3. The number of nitrogens with one attached hydrogen (secondary N) is 4. The van der Waals surface area contributed by atoms with E-state index in [0.29, 0.717) is 12.1 Å². The maximum Gasteiger partial charge on any atom is 0.275 e. The number of morpholine rings is 1. The van der Waals surface area contributed by atoms with Crippen molar-refractivity contribution < 1.29 is 24.1 Å². The Hall–Kier alpha value is -1.96. The molecule has 1 aromatic rings. The van der Waals surface area contributed by atoms with Crippen molar-refractivity contribution in [3.63, 3.8) is 0 Å². The highest BCUT2D eigenvalue weighted by Gasteiger charge is 2.42. The molecule has 3 rings (SSSR count). The minimum absolute atomic E-state index is 0.0827. The summed E-state index contributed by atoms with van der Waals surface area (Å²) in [7, 11) is 3.67. The standard InChI is InChI=1S/C23H36N4O3/c1-24-22(29)20-8-6-19(7-9-20)16-26(2)17-21(28)25-18-23(10-4-3-5-11-23)27-12-14-30-15-13-27/h6-9H,3-5,10-18H2,1-2H3,(H,24,29)(H,25,28)/p+2. The zero-order chi connectivity index (χ0) is 21.4. The number of quaternary nitrogens is 2. The minimum atomic E-state index is -0.0827. The molecule has 2 aliphatic rings. The highest BCUT2D eigenvalue weighted by Crippen LogP contribution is 2.25. The Labute approximate surface area is 180 Å². The fourth-order valence-electron chi connectivity index (χ4n) is 4.97. The third-order valence-corrected chi connectivity index (χ3v) is 6.69. The fourth-order valence-corrected chi connectivity index (χ4v) is 4.97. The van der Waals surface area contributed by atoms with Crippen LogP contribution in [0.4, 0.5) is 0 Å². The van der Waals surface area contributed by atoms with Crippen LogP contribution < -0.4 is 20.4 Å². The molecule has 1 unspecified atom stereocenters. The average Bonchev–Trinajstić information content (AvgIpc) is 2.79. The van der Waals surface area contributed by atoms with Crippen LogP contribution in [0.1, 0.15) is 48.0 Å². The molecule has 4 N–H and O–H groups in total. The predicted molar refractivity (Wildman–Crippen MR) is 116 cm³/mol. The number of hydrogen-bond donors (Lipinski definition) is 4. The topological polar surface area (TPSA) is 76.3 Å². The minimum Gasteiger partial charge on any atom is -0.370 e. The second-order valence-electron chi connectivity index (χ2n) is 8.92. The van der Waals surface area contributed by atoms with E-state index < -0.39 is 0 Å². The normalized spacial score (nSPS) is 20.3. The largest absolute Gasteiger partial charge is 0.370 e. The molecule has 0 bridgehead atoms. The van der Waals surface area contributed by atoms with Crippen LogP contribution in [0.25, 0.3) is 0 Å². The number of hydrogen-bond acceptors (Lipinski definition) is 3. The first kappa shape index (κ1) is 22.7. The molecule has 1 saturated heterocycles. The molecule has 7 heteroatoms. The van der Waals surface area contributed by atoms with E-state index in [1.165, 1.54) is 32.1 Å². The lowest BCUT2D eigenvalue weighted by atomic mass is 9.79. The first-order valence-electron chi connectivity index (χ1n) is 11.3. The van der Waals surface area contributed by atoms with Crippen molar-refractivity contribution in [2.75, 3.05) is 53.5 Å². The summed E-state index contributed by atoms with van der Waals surface area (Å²) in [5.41, 5.74) is 1.95. The molecule has 0 aromatic heterocycles. The summed E-state index contributed by atoms with van der Waals surface area (Å²) in [6.07, 6.45) is 6.23. The molecule has 0 spiro atoms. The van der Waals surface area contributed by atoms with E-state index in [1.54, 1.807) is 11.9 Å². The lowest BCUT2D eigenvalue weighted by Gasteiger charge is -2.45. The van der Waals surface area contributed by atoms with Crippen LogP contribution in [0.3, 0.4) is 0 Å². The van der Waals surface area contributed by atoms with Gasteiger partial charge in [-0.15, -0.1) is 0 Å². The van der Waals surface area contributed by atoms with Gasteiger partial charge < -0.3 is 25.2 Å². The van der Waals surface area contributed by atoms with Crippen LogP contribution in [0.5, 0.6) is 0 Å². The average molecular weight is 419 g/mol. The highest BCUT2D eigenvalue weighted by atomic mass is 16.5. The number of ether oxygens (including phenoxy) is 1. The van der Waals surface area contributed by atoms with Gasteiger partial charge in [-0.2, -0.15) is 0 Å². The second kappa shape index (κ2) is 10.9. The van der Waals surface area contributed by atoms with Gasteiger partial charge in [-0.25, -0.2) is 0 Å². The van der Waals surface area contributed by atoms with Gasteiger partial charge in [0, 0.05) is 31.0 Å². The Kier molecular flexibility index (Phi) is 8.24. The molecule has 1 saturated carbocycles. The van der Waals surface area contributed by atoms with Crippen molar-refractivity contribution >= 4 is 11.8 Å². The van der Waals surface area contributed by atoms with Gasteiger partial charge in [0.15, 0.2) is 6.54 Å². The lowest BCUT2D eigenvalue weighted by molar-refractivity contribution is -0.960. The van der Waals surface area contributed by atoms with Crippen molar-refractivity contribution in [1.29, 1.82) is 0 Å². The Morgan fingerprint density at radius 3 is 2.40 bits per heavy atom. The Bertz CT molecular complexity index is 695. The molecular weight excluding hydrogens is 380 g/mol. The van der Waals surface area contributed by atoms with E-state index in [0.717, 1.165) is 49.9 Å². The number of carbonyl (C=O) groups is 2. The molecule has 1 heterocycles. The lowest BCUT2D eigenvalue weighted by Crippen LogP contribution is -3.23. The van der Waals surface area contributed by atoms with Gasteiger partial charge in [0.05, 0.1) is 26.8 Å². The van der Waals surface area contributed by atoms with Gasteiger partial charge in [0.2, 0.25) is 0 Å². The van der Waals surface area contributed by atoms with Crippen molar-refractivity contribution in [2.45, 2.75) is 44.2 Å². The van der Waals surface area contributed by atoms with Gasteiger partial charge in [0.1, 0.15) is 25.2 Å². The third-order valence-electron chi connectivity index (χ3n) is 6.69. The van der Waals surface area contributed by atoms with E-state index in [2.05, 4.69) is 10.6 Å². The zero-order valence-electron chi connectivity index (χ0n) is 18.5. The molecule has 2 amide bonds. The molecule has 166 valence electrons. The maximum atomic E-state index is 12.7. The number of benzene rings is 1. The van der Waals surface area contributed by atoms with Crippen molar-refractivity contribution in [2.24, 2.45) is 0 Å². The van der Waals surface area contributed by atoms with Crippen molar-refractivity contribution in [3.05, 3.63) is 35.4 Å². The summed E-state index contributed by atoms with van der Waals surface area (Å²) in [5, 5.41) is 5.89. The van der Waals surface area contributed by atoms with Gasteiger partial charge in [-0.1, -0.05) is 18.6 Å². The molecule has 30 heavy (non-hydrogen) atoms. The number of carbonyl (C=O) groups excluding carboxylic acids is 2. The van der Waals surface area contributed by atoms with Gasteiger partial charge in [0.25, 0.3) is 11.8 Å². The monoisotopic (exact) mass is 418 g/mol. The summed E-state index contributed by atoms with van der Waals surface area (Å²) < 4.78 is 5.56. The molecule has 1 aromatic carbocycles. The SMILES string of the molecule is CNC(=O)c1ccc(C[NH+](C)CC(=O)NCC2([NH+]3CCOCC3)CCCCC2)cc1. The number of amides is 2. The van der Waals surface area contributed by atoms with Gasteiger partial charge in [-0.05, 0) is 25.0 Å².